The molecule has 2 aliphatic heterocycles. The number of nitrogens with zero attached hydrogens (tertiary/aromatic N) is 6. The Kier molecular flexibility index (Phi) is 4.09. The maximum Gasteiger partial charge on any atom is 0.212 e. The summed E-state index contributed by atoms with van der Waals surface area (Å²) in [5, 5.41) is 4.67. The highest BCUT2D eigenvalue weighted by molar-refractivity contribution is 6.01. The predicted octanol–water partition coefficient (Wildman–Crippen LogP) is 4.03. The topological polar surface area (TPSA) is 59.2 Å². The molecule has 0 saturated heterocycles. The van der Waals surface area contributed by atoms with Crippen LogP contribution in [0.25, 0.3) is 16.8 Å². The number of aliphatic imine (C=N–C) groups is 1. The molecule has 1 aromatic carbocycles. The molecule has 1 saturated carbocycles. The first kappa shape index (κ1) is 18.2. The van der Waals surface area contributed by atoms with Gasteiger partial charge in [0, 0.05) is 41.6 Å². The van der Waals surface area contributed by atoms with Crippen molar-refractivity contribution in [3.05, 3.63) is 84.1 Å². The van der Waals surface area contributed by atoms with E-state index in [9.17, 15) is 4.39 Å². The van der Waals surface area contributed by atoms with E-state index >= 15 is 0 Å². The standard InChI is InChI=1S/C24H21FN6/c1-15-12-27-23(31-14-28-24(29-31)16-5-6-16)11-21-20-4-2-3-18(19(20)9-10-30(15)21)17-7-8-22(25)26-13-17/h2-4,7-8,11,13-14,16H,1,5-6,9-10,12H2. The molecule has 2 aromatic heterocycles. The van der Waals surface area contributed by atoms with E-state index in [4.69, 9.17) is 4.99 Å². The number of allylic oxidation sites excluding steroid dienone is 1. The molecule has 0 N–H and O–H groups in total. The number of benzene rings is 1. The lowest BCUT2D eigenvalue weighted by molar-refractivity contribution is 0.473. The zero-order valence-corrected chi connectivity index (χ0v) is 17.0. The summed E-state index contributed by atoms with van der Waals surface area (Å²) in [6.45, 7) is 5.61. The summed E-state index contributed by atoms with van der Waals surface area (Å²) in [5.74, 6) is 1.69. The fourth-order valence-electron chi connectivity index (χ4n) is 4.35. The molecule has 3 aromatic rings. The van der Waals surface area contributed by atoms with Crippen molar-refractivity contribution in [2.45, 2.75) is 25.2 Å². The third kappa shape index (κ3) is 3.17. The van der Waals surface area contributed by atoms with Gasteiger partial charge < -0.3 is 4.90 Å². The molecular weight excluding hydrogens is 391 g/mol. The Balaban J connectivity index is 1.45. The van der Waals surface area contributed by atoms with E-state index < -0.39 is 5.95 Å². The van der Waals surface area contributed by atoms with Crippen LogP contribution in [-0.2, 0) is 6.42 Å². The van der Waals surface area contributed by atoms with Crippen LogP contribution in [0.1, 0.15) is 35.7 Å². The van der Waals surface area contributed by atoms with Crippen LogP contribution in [0.4, 0.5) is 4.39 Å². The lowest BCUT2D eigenvalue weighted by atomic mass is 9.89. The highest BCUT2D eigenvalue weighted by atomic mass is 19.1. The maximum atomic E-state index is 13.3. The first-order valence-corrected chi connectivity index (χ1v) is 10.5. The first-order valence-electron chi connectivity index (χ1n) is 10.5. The third-order valence-corrected chi connectivity index (χ3v) is 6.12. The van der Waals surface area contributed by atoms with Crippen molar-refractivity contribution in [1.82, 2.24) is 24.6 Å². The van der Waals surface area contributed by atoms with Crippen molar-refractivity contribution in [1.29, 1.82) is 0 Å². The molecule has 0 radical (unpaired) electrons. The molecule has 31 heavy (non-hydrogen) atoms. The van der Waals surface area contributed by atoms with Gasteiger partial charge in [-0.15, -0.1) is 5.10 Å². The summed E-state index contributed by atoms with van der Waals surface area (Å²) in [6.07, 6.45) is 8.62. The minimum atomic E-state index is -0.471. The monoisotopic (exact) mass is 412 g/mol. The molecule has 0 spiro atoms. The van der Waals surface area contributed by atoms with E-state index in [0.29, 0.717) is 12.5 Å². The Morgan fingerprint density at radius 2 is 1.94 bits per heavy atom. The van der Waals surface area contributed by atoms with Crippen molar-refractivity contribution in [3.8, 4) is 11.1 Å². The van der Waals surface area contributed by atoms with Gasteiger partial charge in [0.15, 0.2) is 11.7 Å². The van der Waals surface area contributed by atoms with E-state index in [0.717, 1.165) is 65.6 Å². The highest BCUT2D eigenvalue weighted by Crippen LogP contribution is 2.39. The number of pyridine rings is 1. The van der Waals surface area contributed by atoms with Gasteiger partial charge in [0.25, 0.3) is 0 Å². The molecule has 7 heteroatoms. The molecule has 6 rings (SSSR count). The highest BCUT2D eigenvalue weighted by Gasteiger charge is 2.29. The average molecular weight is 412 g/mol. The Morgan fingerprint density at radius 1 is 1.06 bits per heavy atom. The fraction of sp³-hybridized carbons (Fsp3) is 0.250. The van der Waals surface area contributed by atoms with Gasteiger partial charge in [-0.2, -0.15) is 4.39 Å². The third-order valence-electron chi connectivity index (χ3n) is 6.12. The second-order valence-electron chi connectivity index (χ2n) is 8.19. The molecule has 1 fully saturated rings. The van der Waals surface area contributed by atoms with Crippen LogP contribution in [0.2, 0.25) is 0 Å². The normalized spacial score (nSPS) is 18.1. The molecule has 0 unspecified atom stereocenters. The number of hydrogen-bond donors (Lipinski definition) is 0. The number of halogens is 1. The Morgan fingerprint density at radius 3 is 2.74 bits per heavy atom. The first-order chi connectivity index (χ1) is 15.2. The van der Waals surface area contributed by atoms with Crippen LogP contribution in [0.15, 0.2) is 66.2 Å². The van der Waals surface area contributed by atoms with Crippen molar-refractivity contribution in [3.63, 3.8) is 0 Å². The number of rotatable bonds is 2. The van der Waals surface area contributed by atoms with Gasteiger partial charge in [-0.05, 0) is 42.5 Å². The van der Waals surface area contributed by atoms with Gasteiger partial charge in [0.05, 0.1) is 12.2 Å². The molecule has 6 nitrogen and oxygen atoms in total. The largest absolute Gasteiger partial charge is 0.343 e. The second kappa shape index (κ2) is 6.97. The minimum Gasteiger partial charge on any atom is -0.343 e. The number of aromatic nitrogens is 4. The maximum absolute atomic E-state index is 13.3. The lowest BCUT2D eigenvalue weighted by Crippen LogP contribution is -2.29. The summed E-state index contributed by atoms with van der Waals surface area (Å²) in [6, 6.07) is 9.42. The van der Waals surface area contributed by atoms with E-state index in [1.54, 1.807) is 23.3 Å². The number of fused-ring (bicyclic) bond motifs is 3. The summed E-state index contributed by atoms with van der Waals surface area (Å²) >= 11 is 0. The summed E-state index contributed by atoms with van der Waals surface area (Å²) in [5.41, 5.74) is 6.37. The van der Waals surface area contributed by atoms with Crippen LogP contribution in [0, 0.1) is 5.95 Å². The van der Waals surface area contributed by atoms with Crippen molar-refractivity contribution < 1.29 is 4.39 Å². The van der Waals surface area contributed by atoms with Crippen LogP contribution in [-0.4, -0.2) is 43.6 Å². The molecule has 0 amide bonds. The van der Waals surface area contributed by atoms with E-state index in [-0.39, 0.29) is 0 Å². The predicted molar refractivity (Wildman–Crippen MR) is 117 cm³/mol. The van der Waals surface area contributed by atoms with Crippen LogP contribution < -0.4 is 0 Å². The van der Waals surface area contributed by atoms with Gasteiger partial charge in [-0.3, -0.25) is 4.99 Å². The van der Waals surface area contributed by atoms with Crippen molar-refractivity contribution in [2.24, 2.45) is 4.99 Å². The van der Waals surface area contributed by atoms with Gasteiger partial charge in [-0.1, -0.05) is 24.8 Å². The van der Waals surface area contributed by atoms with Crippen LogP contribution in [0.5, 0.6) is 0 Å². The zero-order valence-electron chi connectivity index (χ0n) is 17.0. The van der Waals surface area contributed by atoms with Gasteiger partial charge in [0.2, 0.25) is 5.95 Å². The fourth-order valence-corrected chi connectivity index (χ4v) is 4.35. The summed E-state index contributed by atoms with van der Waals surface area (Å²) in [7, 11) is 0. The van der Waals surface area contributed by atoms with Crippen molar-refractivity contribution >= 4 is 11.5 Å². The van der Waals surface area contributed by atoms with E-state index in [1.807, 2.05) is 6.07 Å². The Bertz CT molecular complexity index is 1250. The molecular formula is C24H21FN6. The number of hydrogen-bond acceptors (Lipinski definition) is 5. The average Bonchev–Trinajstić information content (AvgIpc) is 3.56. The molecule has 1 aliphatic carbocycles. The summed E-state index contributed by atoms with van der Waals surface area (Å²) < 4.78 is 15.1. The van der Waals surface area contributed by atoms with Gasteiger partial charge >= 0.3 is 0 Å². The molecule has 0 atom stereocenters. The van der Waals surface area contributed by atoms with Crippen LogP contribution >= 0.6 is 0 Å². The molecule has 3 aliphatic rings. The second-order valence-corrected chi connectivity index (χ2v) is 8.19. The molecule has 154 valence electrons. The minimum absolute atomic E-state index is 0.471. The Hall–Kier alpha value is -3.61. The van der Waals surface area contributed by atoms with Crippen molar-refractivity contribution in [2.75, 3.05) is 13.1 Å². The SMILES string of the molecule is C=C1CN=C(n2cnc(C3CC3)n2)C=C2c3cccc(-c4ccc(F)nc4)c3CCN12. The summed E-state index contributed by atoms with van der Waals surface area (Å²) in [4.78, 5) is 15.3. The van der Waals surface area contributed by atoms with Gasteiger partial charge in [-0.25, -0.2) is 14.6 Å². The molecule has 0 bridgehead atoms. The lowest BCUT2D eigenvalue weighted by Gasteiger charge is -2.34. The van der Waals surface area contributed by atoms with Crippen LogP contribution in [0.3, 0.4) is 0 Å². The van der Waals surface area contributed by atoms with E-state index in [1.165, 1.54) is 11.6 Å². The zero-order chi connectivity index (χ0) is 20.9. The van der Waals surface area contributed by atoms with Gasteiger partial charge in [0.1, 0.15) is 6.33 Å². The Labute approximate surface area is 179 Å². The quantitative estimate of drug-likeness (QED) is 0.597. The van der Waals surface area contributed by atoms with E-state index in [2.05, 4.69) is 44.8 Å². The smallest absolute Gasteiger partial charge is 0.212 e. The molecule has 4 heterocycles.